The van der Waals surface area contributed by atoms with Crippen LogP contribution in [0.5, 0.6) is 5.75 Å². The molecule has 1 atom stereocenters. The lowest BCUT2D eigenvalue weighted by atomic mass is 10.0. The van der Waals surface area contributed by atoms with Crippen LogP contribution in [0.2, 0.25) is 0 Å². The van der Waals surface area contributed by atoms with E-state index in [0.717, 1.165) is 29.3 Å². The summed E-state index contributed by atoms with van der Waals surface area (Å²) >= 11 is 3.37. The second-order valence-corrected chi connectivity index (χ2v) is 7.81. The van der Waals surface area contributed by atoms with Gasteiger partial charge < -0.3 is 9.84 Å². The number of rotatable bonds is 5. The van der Waals surface area contributed by atoms with Gasteiger partial charge in [-0.15, -0.1) is 0 Å². The van der Waals surface area contributed by atoms with Gasteiger partial charge in [-0.2, -0.15) is 5.10 Å². The van der Waals surface area contributed by atoms with E-state index in [1.54, 1.807) is 30.3 Å². The second kappa shape index (κ2) is 7.39. The summed E-state index contributed by atoms with van der Waals surface area (Å²) in [6.45, 7) is 2.10. The molecule has 7 heteroatoms. The summed E-state index contributed by atoms with van der Waals surface area (Å²) in [5.74, 6) is -0.519. The number of cyclic esters (lactones) is 1. The summed E-state index contributed by atoms with van der Waals surface area (Å²) in [7, 11) is 0. The minimum atomic E-state index is -0.363. The van der Waals surface area contributed by atoms with Gasteiger partial charge in [0.15, 0.2) is 0 Å². The van der Waals surface area contributed by atoms with Crippen molar-refractivity contribution in [2.75, 3.05) is 5.01 Å². The Morgan fingerprint density at radius 1 is 1.21 bits per heavy atom. The third-order valence-corrected chi connectivity index (χ3v) is 5.46. The molecule has 0 bridgehead atoms. The molecule has 2 aliphatic rings. The molecule has 2 aromatic rings. The zero-order valence-corrected chi connectivity index (χ0v) is 16.9. The fourth-order valence-corrected chi connectivity index (χ4v) is 3.87. The summed E-state index contributed by atoms with van der Waals surface area (Å²) in [6, 6.07) is 10.3. The van der Waals surface area contributed by atoms with E-state index >= 15 is 0 Å². The van der Waals surface area contributed by atoms with Crippen LogP contribution in [0.1, 0.15) is 60.2 Å². The Labute approximate surface area is 170 Å². The number of fused-ring (bicyclic) bond motifs is 1. The van der Waals surface area contributed by atoms with E-state index in [1.807, 2.05) is 6.07 Å². The number of halogens is 1. The normalized spacial score (nSPS) is 18.3. The van der Waals surface area contributed by atoms with E-state index in [9.17, 15) is 14.7 Å². The van der Waals surface area contributed by atoms with Crippen molar-refractivity contribution in [3.8, 4) is 5.75 Å². The van der Waals surface area contributed by atoms with Gasteiger partial charge in [-0.25, -0.2) is 9.80 Å². The molecule has 0 fully saturated rings. The highest BCUT2D eigenvalue weighted by Crippen LogP contribution is 2.37. The average molecular weight is 443 g/mol. The second-order valence-electron chi connectivity index (χ2n) is 6.90. The lowest BCUT2D eigenvalue weighted by Crippen LogP contribution is -2.19. The molecule has 1 unspecified atom stereocenters. The molecule has 6 nitrogen and oxygen atoms in total. The Hall–Kier alpha value is -2.67. The predicted molar refractivity (Wildman–Crippen MR) is 109 cm³/mol. The van der Waals surface area contributed by atoms with Crippen molar-refractivity contribution >= 4 is 39.2 Å². The number of benzene rings is 2. The number of carbonyl (C=O) groups is 2. The third kappa shape index (κ3) is 3.30. The molecule has 1 N–H and O–H groups in total. The minimum absolute atomic E-state index is 0.0629. The highest BCUT2D eigenvalue weighted by atomic mass is 79.9. The van der Waals surface area contributed by atoms with Crippen molar-refractivity contribution in [1.29, 1.82) is 0 Å². The number of aromatic hydroxyl groups is 1. The highest BCUT2D eigenvalue weighted by Gasteiger charge is 2.33. The molecule has 4 rings (SSSR count). The van der Waals surface area contributed by atoms with Gasteiger partial charge in [0.1, 0.15) is 11.9 Å². The minimum Gasteiger partial charge on any atom is -0.507 e. The molecule has 2 aromatic carbocycles. The number of nitrogens with zero attached hydrogens (tertiary/aromatic N) is 2. The van der Waals surface area contributed by atoms with E-state index in [-0.39, 0.29) is 30.2 Å². The maximum Gasteiger partial charge on any atom is 0.339 e. The standard InChI is InChI=1S/C21H19BrN2O4/c1-2-3-4-19-14-7-6-13(10-15(14)21(27)28-19)24-20(26)11-17(23-24)16-9-12(22)5-8-18(16)25/h5-10,19,25H,2-4,11H2,1H3. The highest BCUT2D eigenvalue weighted by molar-refractivity contribution is 9.10. The van der Waals surface area contributed by atoms with Crippen LogP contribution in [-0.2, 0) is 9.53 Å². The van der Waals surface area contributed by atoms with E-state index < -0.39 is 0 Å². The Bertz CT molecular complexity index is 1000. The topological polar surface area (TPSA) is 79.2 Å². The first kappa shape index (κ1) is 18.7. The summed E-state index contributed by atoms with van der Waals surface area (Å²) in [5.41, 5.74) is 2.85. The molecule has 0 saturated heterocycles. The molecule has 144 valence electrons. The van der Waals surface area contributed by atoms with Crippen LogP contribution < -0.4 is 5.01 Å². The van der Waals surface area contributed by atoms with Crippen LogP contribution in [0.4, 0.5) is 5.69 Å². The third-order valence-electron chi connectivity index (χ3n) is 4.96. The van der Waals surface area contributed by atoms with Crippen LogP contribution in [0, 0.1) is 0 Å². The van der Waals surface area contributed by atoms with E-state index in [2.05, 4.69) is 28.0 Å². The molecule has 0 aliphatic carbocycles. The number of ether oxygens (including phenoxy) is 1. The maximum absolute atomic E-state index is 12.5. The Morgan fingerprint density at radius 2 is 2.04 bits per heavy atom. The molecule has 2 heterocycles. The van der Waals surface area contributed by atoms with Gasteiger partial charge in [0.25, 0.3) is 5.91 Å². The molecule has 0 aromatic heterocycles. The quantitative estimate of drug-likeness (QED) is 0.680. The number of anilines is 1. The molecule has 28 heavy (non-hydrogen) atoms. The first-order valence-corrected chi connectivity index (χ1v) is 10.0. The molecular formula is C21H19BrN2O4. The first-order chi connectivity index (χ1) is 13.5. The Morgan fingerprint density at radius 3 is 2.82 bits per heavy atom. The van der Waals surface area contributed by atoms with Gasteiger partial charge in [-0.05, 0) is 43.2 Å². The summed E-state index contributed by atoms with van der Waals surface area (Å²) in [5, 5.41) is 15.8. The molecule has 0 radical (unpaired) electrons. The number of amides is 1. The summed E-state index contributed by atoms with van der Waals surface area (Å²) < 4.78 is 6.27. The van der Waals surface area contributed by atoms with Gasteiger partial charge in [0.05, 0.1) is 23.4 Å². The Kier molecular flexibility index (Phi) is 4.93. The molecule has 2 aliphatic heterocycles. The lowest BCUT2D eigenvalue weighted by Gasteiger charge is -2.13. The van der Waals surface area contributed by atoms with Crippen molar-refractivity contribution in [2.24, 2.45) is 5.10 Å². The van der Waals surface area contributed by atoms with Gasteiger partial charge in [-0.3, -0.25) is 4.79 Å². The van der Waals surface area contributed by atoms with Crippen LogP contribution >= 0.6 is 15.9 Å². The molecular weight excluding hydrogens is 424 g/mol. The molecule has 0 saturated carbocycles. The van der Waals surface area contributed by atoms with Gasteiger partial charge >= 0.3 is 5.97 Å². The van der Waals surface area contributed by atoms with E-state index in [0.29, 0.717) is 22.5 Å². The number of esters is 1. The van der Waals surface area contributed by atoms with Crippen molar-refractivity contribution in [2.45, 2.75) is 38.7 Å². The van der Waals surface area contributed by atoms with Gasteiger partial charge in [0.2, 0.25) is 0 Å². The fraction of sp³-hybridized carbons (Fsp3) is 0.286. The van der Waals surface area contributed by atoms with Crippen LogP contribution in [0.15, 0.2) is 46.0 Å². The van der Waals surface area contributed by atoms with Gasteiger partial charge in [0, 0.05) is 15.6 Å². The maximum atomic E-state index is 12.5. The summed E-state index contributed by atoms with van der Waals surface area (Å²) in [6.07, 6.45) is 2.66. The zero-order valence-electron chi connectivity index (χ0n) is 15.3. The van der Waals surface area contributed by atoms with Crippen LogP contribution in [0.25, 0.3) is 0 Å². The molecule has 1 amide bonds. The van der Waals surface area contributed by atoms with Crippen molar-refractivity contribution in [1.82, 2.24) is 0 Å². The monoisotopic (exact) mass is 442 g/mol. The smallest absolute Gasteiger partial charge is 0.339 e. The fourth-order valence-electron chi connectivity index (χ4n) is 3.51. The largest absolute Gasteiger partial charge is 0.507 e. The van der Waals surface area contributed by atoms with Gasteiger partial charge in [-0.1, -0.05) is 35.3 Å². The number of carbonyl (C=O) groups excluding carboxylic acids is 2. The van der Waals surface area contributed by atoms with E-state index in [1.165, 1.54) is 5.01 Å². The zero-order chi connectivity index (χ0) is 19.8. The number of unbranched alkanes of at least 4 members (excludes halogenated alkanes) is 1. The summed E-state index contributed by atoms with van der Waals surface area (Å²) in [4.78, 5) is 24.8. The van der Waals surface area contributed by atoms with E-state index in [4.69, 9.17) is 4.74 Å². The van der Waals surface area contributed by atoms with Crippen molar-refractivity contribution < 1.29 is 19.4 Å². The SMILES string of the molecule is CCCCC1OC(=O)c2cc(N3N=C(c4cc(Br)ccc4O)CC3=O)ccc21. The average Bonchev–Trinajstić information content (AvgIpc) is 3.22. The number of phenolic OH excluding ortho intramolecular Hbond substituents is 1. The number of hydrogen-bond acceptors (Lipinski definition) is 5. The number of hydrogen-bond donors (Lipinski definition) is 1. The van der Waals surface area contributed by atoms with Crippen LogP contribution in [-0.4, -0.2) is 22.7 Å². The lowest BCUT2D eigenvalue weighted by molar-refractivity contribution is -0.116. The number of hydrazone groups is 1. The van der Waals surface area contributed by atoms with Crippen molar-refractivity contribution in [3.63, 3.8) is 0 Å². The van der Waals surface area contributed by atoms with Crippen molar-refractivity contribution in [3.05, 3.63) is 57.6 Å². The molecule has 0 spiro atoms. The van der Waals surface area contributed by atoms with Crippen LogP contribution in [0.3, 0.4) is 0 Å². The Balaban J connectivity index is 1.65. The predicted octanol–water partition coefficient (Wildman–Crippen LogP) is 4.70. The first-order valence-electron chi connectivity index (χ1n) is 9.22. The number of phenols is 1.